The predicted octanol–water partition coefficient (Wildman–Crippen LogP) is 3.18. The van der Waals surface area contributed by atoms with Crippen LogP contribution in [0, 0.1) is 0 Å². The minimum atomic E-state index is -0.174. The molecule has 0 radical (unpaired) electrons. The van der Waals surface area contributed by atoms with Crippen molar-refractivity contribution in [2.75, 3.05) is 13.7 Å². The fourth-order valence-corrected chi connectivity index (χ4v) is 2.05. The Kier molecular flexibility index (Phi) is 6.25. The molecule has 1 N–H and O–H groups in total. The molecule has 116 valence electrons. The normalized spacial score (nSPS) is 10.3. The van der Waals surface area contributed by atoms with Crippen molar-refractivity contribution in [2.45, 2.75) is 13.2 Å². The first-order chi connectivity index (χ1) is 10.7. The molecule has 0 atom stereocenters. The zero-order chi connectivity index (χ0) is 15.8. The van der Waals surface area contributed by atoms with Crippen LogP contribution in [0.1, 0.15) is 11.1 Å². The van der Waals surface area contributed by atoms with Crippen molar-refractivity contribution in [1.82, 2.24) is 5.32 Å². The van der Waals surface area contributed by atoms with Gasteiger partial charge in [0.05, 0.1) is 6.61 Å². The zero-order valence-corrected chi connectivity index (χ0v) is 13.1. The number of ether oxygens (including phenoxy) is 2. The quantitative estimate of drug-likeness (QED) is 0.852. The summed E-state index contributed by atoms with van der Waals surface area (Å²) >= 11 is 5.78. The van der Waals surface area contributed by atoms with Crippen LogP contribution in [0.2, 0.25) is 5.02 Å². The van der Waals surface area contributed by atoms with Gasteiger partial charge in [-0.05, 0) is 35.4 Å². The van der Waals surface area contributed by atoms with Gasteiger partial charge >= 0.3 is 0 Å². The average Bonchev–Trinajstić information content (AvgIpc) is 2.53. The second-order valence-corrected chi connectivity index (χ2v) is 5.21. The van der Waals surface area contributed by atoms with Gasteiger partial charge in [-0.15, -0.1) is 0 Å². The molecule has 0 aliphatic heterocycles. The largest absolute Gasteiger partial charge is 0.484 e. The molecule has 0 fully saturated rings. The van der Waals surface area contributed by atoms with Crippen LogP contribution in [0.4, 0.5) is 0 Å². The second-order valence-electron chi connectivity index (χ2n) is 4.77. The highest BCUT2D eigenvalue weighted by Crippen LogP contribution is 2.15. The average molecular weight is 320 g/mol. The maximum atomic E-state index is 11.8. The molecule has 0 aliphatic carbocycles. The number of carbonyl (C=O) groups is 1. The summed E-state index contributed by atoms with van der Waals surface area (Å²) in [4.78, 5) is 11.8. The molecule has 0 bridgehead atoms. The van der Waals surface area contributed by atoms with Crippen LogP contribution in [0.25, 0.3) is 0 Å². The Morgan fingerprint density at radius 3 is 2.59 bits per heavy atom. The van der Waals surface area contributed by atoms with Gasteiger partial charge in [-0.1, -0.05) is 35.9 Å². The summed E-state index contributed by atoms with van der Waals surface area (Å²) in [6.07, 6.45) is 0. The van der Waals surface area contributed by atoms with Crippen LogP contribution >= 0.6 is 11.6 Å². The van der Waals surface area contributed by atoms with E-state index in [-0.39, 0.29) is 12.5 Å². The molecule has 0 saturated heterocycles. The van der Waals surface area contributed by atoms with Crippen molar-refractivity contribution in [3.63, 3.8) is 0 Å². The van der Waals surface area contributed by atoms with Crippen molar-refractivity contribution in [3.8, 4) is 5.75 Å². The van der Waals surface area contributed by atoms with Crippen LogP contribution in [0.15, 0.2) is 48.5 Å². The summed E-state index contributed by atoms with van der Waals surface area (Å²) in [5.41, 5.74) is 2.10. The molecular weight excluding hydrogens is 302 g/mol. The molecule has 2 rings (SSSR count). The van der Waals surface area contributed by atoms with Gasteiger partial charge in [0.2, 0.25) is 0 Å². The first-order valence-electron chi connectivity index (χ1n) is 6.89. The van der Waals surface area contributed by atoms with E-state index in [9.17, 15) is 4.79 Å². The predicted molar refractivity (Wildman–Crippen MR) is 85.9 cm³/mol. The number of amides is 1. The zero-order valence-electron chi connectivity index (χ0n) is 12.3. The number of nitrogens with one attached hydrogen (secondary N) is 1. The van der Waals surface area contributed by atoms with Gasteiger partial charge in [0, 0.05) is 18.7 Å². The summed E-state index contributed by atoms with van der Waals surface area (Å²) in [5.74, 6) is 0.439. The second kappa shape index (κ2) is 8.41. The van der Waals surface area contributed by atoms with Gasteiger partial charge in [-0.2, -0.15) is 0 Å². The third-order valence-corrected chi connectivity index (χ3v) is 3.23. The molecule has 0 spiro atoms. The Hall–Kier alpha value is -2.04. The minimum absolute atomic E-state index is 0.0284. The number of methoxy groups -OCH3 is 1. The monoisotopic (exact) mass is 319 g/mol. The Morgan fingerprint density at radius 2 is 1.86 bits per heavy atom. The molecule has 0 aromatic heterocycles. The van der Waals surface area contributed by atoms with Gasteiger partial charge in [0.15, 0.2) is 6.61 Å². The van der Waals surface area contributed by atoms with Gasteiger partial charge in [-0.25, -0.2) is 0 Å². The lowest BCUT2D eigenvalue weighted by Gasteiger charge is -2.08. The molecular formula is C17H18ClNO3. The molecule has 5 heteroatoms. The Labute approximate surface area is 135 Å². The van der Waals surface area contributed by atoms with E-state index >= 15 is 0 Å². The van der Waals surface area contributed by atoms with E-state index in [0.29, 0.717) is 23.9 Å². The maximum Gasteiger partial charge on any atom is 0.258 e. The van der Waals surface area contributed by atoms with E-state index in [1.165, 1.54) is 0 Å². The van der Waals surface area contributed by atoms with Gasteiger partial charge < -0.3 is 14.8 Å². The van der Waals surface area contributed by atoms with Crippen LogP contribution < -0.4 is 10.1 Å². The van der Waals surface area contributed by atoms with Crippen molar-refractivity contribution in [3.05, 3.63) is 64.7 Å². The lowest BCUT2D eigenvalue weighted by Crippen LogP contribution is -2.28. The smallest absolute Gasteiger partial charge is 0.258 e. The SMILES string of the molecule is COCc1cccc(CNC(=O)COc2ccc(Cl)cc2)c1. The molecule has 0 unspecified atom stereocenters. The third-order valence-electron chi connectivity index (χ3n) is 2.98. The van der Waals surface area contributed by atoms with Crippen molar-refractivity contribution in [2.24, 2.45) is 0 Å². The molecule has 0 heterocycles. The van der Waals surface area contributed by atoms with Crippen LogP contribution in [0.3, 0.4) is 0 Å². The van der Waals surface area contributed by atoms with Crippen LogP contribution in [-0.2, 0) is 22.7 Å². The van der Waals surface area contributed by atoms with Crippen LogP contribution in [-0.4, -0.2) is 19.6 Å². The Morgan fingerprint density at radius 1 is 1.14 bits per heavy atom. The molecule has 1 amide bonds. The number of halogens is 1. The van der Waals surface area contributed by atoms with E-state index < -0.39 is 0 Å². The van der Waals surface area contributed by atoms with Gasteiger partial charge in [0.1, 0.15) is 5.75 Å². The highest BCUT2D eigenvalue weighted by molar-refractivity contribution is 6.30. The van der Waals surface area contributed by atoms with Gasteiger partial charge in [-0.3, -0.25) is 4.79 Å². The number of hydrogen-bond donors (Lipinski definition) is 1. The van der Waals surface area contributed by atoms with E-state index in [4.69, 9.17) is 21.1 Å². The van der Waals surface area contributed by atoms with E-state index in [1.807, 2.05) is 24.3 Å². The first kappa shape index (κ1) is 16.3. The van der Waals surface area contributed by atoms with E-state index in [0.717, 1.165) is 11.1 Å². The number of rotatable bonds is 7. The topological polar surface area (TPSA) is 47.6 Å². The van der Waals surface area contributed by atoms with Crippen molar-refractivity contribution in [1.29, 1.82) is 0 Å². The van der Waals surface area contributed by atoms with Crippen molar-refractivity contribution < 1.29 is 14.3 Å². The highest BCUT2D eigenvalue weighted by Gasteiger charge is 2.03. The summed E-state index contributed by atoms with van der Waals surface area (Å²) < 4.78 is 10.5. The lowest BCUT2D eigenvalue weighted by molar-refractivity contribution is -0.123. The molecule has 22 heavy (non-hydrogen) atoms. The standard InChI is InChI=1S/C17H18ClNO3/c1-21-11-14-4-2-3-13(9-14)10-19-17(20)12-22-16-7-5-15(18)6-8-16/h2-9H,10-12H2,1H3,(H,19,20). The molecule has 4 nitrogen and oxygen atoms in total. The maximum absolute atomic E-state index is 11.8. The number of carbonyl (C=O) groups excluding carboxylic acids is 1. The fraction of sp³-hybridized carbons (Fsp3) is 0.235. The fourth-order valence-electron chi connectivity index (χ4n) is 1.93. The van der Waals surface area contributed by atoms with Crippen molar-refractivity contribution >= 4 is 17.5 Å². The summed E-state index contributed by atoms with van der Waals surface area (Å²) in [7, 11) is 1.66. The third kappa shape index (κ3) is 5.39. The van der Waals surface area contributed by atoms with Crippen LogP contribution in [0.5, 0.6) is 5.75 Å². The Bertz CT molecular complexity index is 614. The van der Waals surface area contributed by atoms with E-state index in [1.54, 1.807) is 31.4 Å². The minimum Gasteiger partial charge on any atom is -0.484 e. The molecule has 2 aromatic carbocycles. The Balaban J connectivity index is 1.77. The lowest BCUT2D eigenvalue weighted by atomic mass is 10.1. The molecule has 0 saturated carbocycles. The highest BCUT2D eigenvalue weighted by atomic mass is 35.5. The number of benzene rings is 2. The summed E-state index contributed by atoms with van der Waals surface area (Å²) in [5, 5.41) is 3.45. The first-order valence-corrected chi connectivity index (χ1v) is 7.27. The molecule has 2 aromatic rings. The summed E-state index contributed by atoms with van der Waals surface area (Å²) in [6.45, 7) is 0.987. The summed E-state index contributed by atoms with van der Waals surface area (Å²) in [6, 6.07) is 14.8. The van der Waals surface area contributed by atoms with E-state index in [2.05, 4.69) is 5.32 Å². The van der Waals surface area contributed by atoms with Gasteiger partial charge in [0.25, 0.3) is 5.91 Å². The number of hydrogen-bond acceptors (Lipinski definition) is 3. The molecule has 0 aliphatic rings.